The van der Waals surface area contributed by atoms with Crippen LogP contribution in [-0.2, 0) is 22.3 Å². The van der Waals surface area contributed by atoms with Gasteiger partial charge in [0.1, 0.15) is 0 Å². The number of aromatic nitrogens is 1. The zero-order chi connectivity index (χ0) is 24.4. The lowest BCUT2D eigenvalue weighted by atomic mass is 9.98. The molecule has 1 fully saturated rings. The minimum Gasteiger partial charge on any atom is -0.331 e. The lowest BCUT2D eigenvalue weighted by Crippen LogP contribution is -2.33. The third kappa shape index (κ3) is 4.50. The molecule has 1 unspecified atom stereocenters. The summed E-state index contributed by atoms with van der Waals surface area (Å²) in [4.78, 5) is 0. The molecule has 0 amide bonds. The summed E-state index contributed by atoms with van der Waals surface area (Å²) in [5, 5.41) is 1.59. The lowest BCUT2D eigenvalue weighted by molar-refractivity contribution is 0.384. The van der Waals surface area contributed by atoms with Crippen molar-refractivity contribution in [1.82, 2.24) is 8.87 Å². The van der Waals surface area contributed by atoms with Gasteiger partial charge in [0.25, 0.3) is 0 Å². The van der Waals surface area contributed by atoms with Gasteiger partial charge in [-0.25, -0.2) is 8.42 Å². The van der Waals surface area contributed by atoms with E-state index in [1.54, 1.807) is 16.4 Å². The Balaban J connectivity index is 1.69. The highest BCUT2D eigenvalue weighted by Gasteiger charge is 2.39. The number of benzene rings is 3. The van der Waals surface area contributed by atoms with Gasteiger partial charge in [-0.3, -0.25) is 0 Å². The fourth-order valence-electron chi connectivity index (χ4n) is 5.15. The summed E-state index contributed by atoms with van der Waals surface area (Å²) in [6.45, 7) is 2.83. The number of rotatable bonds is 6. The highest BCUT2D eigenvalue weighted by Crippen LogP contribution is 2.45. The Hall–Kier alpha value is -3.04. The van der Waals surface area contributed by atoms with E-state index in [2.05, 4.69) is 40.7 Å². The summed E-state index contributed by atoms with van der Waals surface area (Å²) in [5.41, 5.74) is 4.88. The Morgan fingerprint density at radius 2 is 1.69 bits per heavy atom. The van der Waals surface area contributed by atoms with Crippen LogP contribution in [0.4, 0.5) is 0 Å². The fraction of sp³-hybridized carbons (Fsp3) is 0.241. The Bertz CT molecular complexity index is 1530. The molecule has 4 aromatic rings. The zero-order valence-corrected chi connectivity index (χ0v) is 21.2. The van der Waals surface area contributed by atoms with Gasteiger partial charge >= 0.3 is 0 Å². The fourth-order valence-corrected chi connectivity index (χ4v) is 7.24. The van der Waals surface area contributed by atoms with Gasteiger partial charge < -0.3 is 4.57 Å². The molecule has 0 saturated carbocycles. The second-order valence-corrected chi connectivity index (χ2v) is 11.1. The molecule has 0 bridgehead atoms. The number of para-hydroxylation sites is 1. The van der Waals surface area contributed by atoms with Crippen molar-refractivity contribution in [3.8, 4) is 23.0 Å². The minimum atomic E-state index is -3.61. The predicted molar refractivity (Wildman–Crippen MR) is 144 cm³/mol. The van der Waals surface area contributed by atoms with Gasteiger partial charge in [-0.15, -0.1) is 5.92 Å². The number of fused-ring (bicyclic) bond motifs is 1. The first kappa shape index (κ1) is 23.7. The summed E-state index contributed by atoms with van der Waals surface area (Å²) in [6.07, 6.45) is 1.57. The largest absolute Gasteiger partial charge is 0.331 e. The normalized spacial score (nSPS) is 16.3. The molecular weight excluding hydrogens is 476 g/mol. The molecule has 1 atom stereocenters. The SMILES string of the molecule is CC#CCn1c(C2CCCN2S(=O)(=O)Cc2ccccc2Cl)c(-c2ccccc2)c2ccccc21. The van der Waals surface area contributed by atoms with E-state index < -0.39 is 10.0 Å². The third-order valence-corrected chi connectivity index (χ3v) is 8.86. The number of nitrogens with zero attached hydrogens (tertiary/aromatic N) is 2. The van der Waals surface area contributed by atoms with Crippen molar-refractivity contribution in [1.29, 1.82) is 0 Å². The molecule has 1 aliphatic rings. The van der Waals surface area contributed by atoms with Crippen molar-refractivity contribution in [3.05, 3.63) is 95.1 Å². The molecule has 2 heterocycles. The first-order valence-electron chi connectivity index (χ1n) is 11.8. The van der Waals surface area contributed by atoms with Crippen LogP contribution in [0, 0.1) is 11.8 Å². The first-order chi connectivity index (χ1) is 17.0. The average molecular weight is 503 g/mol. The molecule has 1 aromatic heterocycles. The van der Waals surface area contributed by atoms with Crippen LogP contribution in [0.1, 0.15) is 37.1 Å². The van der Waals surface area contributed by atoms with Crippen LogP contribution in [0.25, 0.3) is 22.0 Å². The third-order valence-electron chi connectivity index (χ3n) is 6.66. The second kappa shape index (κ2) is 9.91. The van der Waals surface area contributed by atoms with E-state index in [4.69, 9.17) is 11.6 Å². The number of hydrogen-bond acceptors (Lipinski definition) is 2. The Morgan fingerprint density at radius 1 is 0.971 bits per heavy atom. The van der Waals surface area contributed by atoms with Crippen molar-refractivity contribution in [3.63, 3.8) is 0 Å². The van der Waals surface area contributed by atoms with Gasteiger partial charge in [0.2, 0.25) is 10.0 Å². The quantitative estimate of drug-likeness (QED) is 0.277. The maximum Gasteiger partial charge on any atom is 0.218 e. The number of sulfonamides is 1. The Labute approximate surface area is 212 Å². The second-order valence-electron chi connectivity index (χ2n) is 8.77. The summed E-state index contributed by atoms with van der Waals surface area (Å²) < 4.78 is 31.4. The molecular formula is C29H27ClN2O2S. The van der Waals surface area contributed by atoms with E-state index in [0.29, 0.717) is 23.7 Å². The van der Waals surface area contributed by atoms with Crippen molar-refractivity contribution < 1.29 is 8.42 Å². The topological polar surface area (TPSA) is 42.3 Å². The highest BCUT2D eigenvalue weighted by molar-refractivity contribution is 7.88. The molecule has 3 aromatic carbocycles. The van der Waals surface area contributed by atoms with Crippen LogP contribution in [0.3, 0.4) is 0 Å². The minimum absolute atomic E-state index is 0.112. The standard InChI is InChI=1S/C29H27ClN2O2S/c1-2-3-19-31-26-17-10-8-15-24(26)28(22-12-5-4-6-13-22)29(31)27-18-11-20-32(27)35(33,34)21-23-14-7-9-16-25(23)30/h4-10,12-17,27H,11,18-21H2,1H3. The van der Waals surface area contributed by atoms with E-state index in [-0.39, 0.29) is 11.8 Å². The van der Waals surface area contributed by atoms with E-state index in [0.717, 1.165) is 40.6 Å². The van der Waals surface area contributed by atoms with Crippen LogP contribution in [-0.4, -0.2) is 23.8 Å². The monoisotopic (exact) mass is 502 g/mol. The van der Waals surface area contributed by atoms with E-state index in [9.17, 15) is 8.42 Å². The van der Waals surface area contributed by atoms with Gasteiger partial charge in [0, 0.05) is 33.7 Å². The van der Waals surface area contributed by atoms with E-state index >= 15 is 0 Å². The van der Waals surface area contributed by atoms with E-state index in [1.165, 1.54) is 0 Å². The summed E-state index contributed by atoms with van der Waals surface area (Å²) >= 11 is 6.33. The van der Waals surface area contributed by atoms with Gasteiger partial charge in [0.15, 0.2) is 0 Å². The summed E-state index contributed by atoms with van der Waals surface area (Å²) in [7, 11) is -3.61. The molecule has 0 aliphatic carbocycles. The van der Waals surface area contributed by atoms with Gasteiger partial charge in [-0.1, -0.05) is 84.3 Å². The zero-order valence-electron chi connectivity index (χ0n) is 19.6. The molecule has 6 heteroatoms. The summed E-state index contributed by atoms with van der Waals surface area (Å²) in [6, 6.07) is 25.4. The van der Waals surface area contributed by atoms with Gasteiger partial charge in [-0.2, -0.15) is 4.31 Å². The van der Waals surface area contributed by atoms with Gasteiger partial charge in [0.05, 0.1) is 18.3 Å². The maximum atomic E-state index is 13.8. The average Bonchev–Trinajstić information content (AvgIpc) is 3.48. The molecule has 0 N–H and O–H groups in total. The number of hydrogen-bond donors (Lipinski definition) is 0. The molecule has 0 radical (unpaired) electrons. The number of halogens is 1. The van der Waals surface area contributed by atoms with Crippen molar-refractivity contribution in [2.24, 2.45) is 0 Å². The van der Waals surface area contributed by atoms with Crippen LogP contribution in [0.5, 0.6) is 0 Å². The van der Waals surface area contributed by atoms with Gasteiger partial charge in [-0.05, 0) is 43.0 Å². The molecule has 4 nitrogen and oxygen atoms in total. The van der Waals surface area contributed by atoms with Crippen LogP contribution < -0.4 is 0 Å². The predicted octanol–water partition coefficient (Wildman–Crippen LogP) is 6.65. The molecule has 1 aliphatic heterocycles. The first-order valence-corrected chi connectivity index (χ1v) is 13.8. The Morgan fingerprint density at radius 3 is 2.46 bits per heavy atom. The molecule has 178 valence electrons. The molecule has 35 heavy (non-hydrogen) atoms. The van der Waals surface area contributed by atoms with Crippen molar-refractivity contribution in [2.75, 3.05) is 6.54 Å². The Kier molecular flexibility index (Phi) is 6.71. The van der Waals surface area contributed by atoms with E-state index in [1.807, 2.05) is 49.4 Å². The summed E-state index contributed by atoms with van der Waals surface area (Å²) in [5.74, 6) is 6.11. The smallest absolute Gasteiger partial charge is 0.218 e. The highest BCUT2D eigenvalue weighted by atomic mass is 35.5. The van der Waals surface area contributed by atoms with Crippen molar-refractivity contribution >= 4 is 32.5 Å². The van der Waals surface area contributed by atoms with Crippen LogP contribution in [0.2, 0.25) is 5.02 Å². The maximum absolute atomic E-state index is 13.8. The lowest BCUT2D eigenvalue weighted by Gasteiger charge is -2.27. The molecule has 1 saturated heterocycles. The van der Waals surface area contributed by atoms with Crippen molar-refractivity contribution in [2.45, 2.75) is 38.1 Å². The molecule has 0 spiro atoms. The van der Waals surface area contributed by atoms with Crippen LogP contribution in [0.15, 0.2) is 78.9 Å². The van der Waals surface area contributed by atoms with Crippen LogP contribution >= 0.6 is 11.6 Å². The molecule has 5 rings (SSSR count).